The summed E-state index contributed by atoms with van der Waals surface area (Å²) in [5, 5.41) is 0. The Bertz CT molecular complexity index is 1280. The van der Waals surface area contributed by atoms with Gasteiger partial charge in [-0.1, -0.05) is 0 Å². The summed E-state index contributed by atoms with van der Waals surface area (Å²) in [7, 11) is 0. The van der Waals surface area contributed by atoms with Gasteiger partial charge in [-0.15, -0.1) is 0 Å². The Balaban J connectivity index is 1.86. The van der Waals surface area contributed by atoms with E-state index in [9.17, 15) is 9.59 Å². The van der Waals surface area contributed by atoms with Gasteiger partial charge in [-0.2, -0.15) is 0 Å². The van der Waals surface area contributed by atoms with Crippen LogP contribution in [0.25, 0.3) is 0 Å². The van der Waals surface area contributed by atoms with Crippen molar-refractivity contribution < 1.29 is 15.7 Å². The Morgan fingerprint density at radius 3 is 0.978 bits per heavy atom. The van der Waals surface area contributed by atoms with Gasteiger partial charge in [-0.05, 0) is 0 Å². The minimum absolute atomic E-state index is 0.306. The predicted octanol–water partition coefficient (Wildman–Crippen LogP) is 9.91. The Hall–Kier alpha value is -3.38. The molecule has 0 aliphatic carbocycles. The van der Waals surface area contributed by atoms with Crippen LogP contribution in [0.2, 0.25) is 8.87 Å². The summed E-state index contributed by atoms with van der Waals surface area (Å²) in [6.45, 7) is 8.34. The van der Waals surface area contributed by atoms with Crippen LogP contribution in [0.3, 0.4) is 0 Å². The summed E-state index contributed by atoms with van der Waals surface area (Å²) in [5.41, 5.74) is 1.51. The summed E-state index contributed by atoms with van der Waals surface area (Å²) in [6, 6.07) is 39.6. The van der Waals surface area contributed by atoms with Crippen molar-refractivity contribution in [1.82, 2.24) is 0 Å². The van der Waals surface area contributed by atoms with Crippen LogP contribution in [-0.4, -0.2) is 31.1 Å². The van der Waals surface area contributed by atoms with Crippen molar-refractivity contribution >= 4 is 31.1 Å². The van der Waals surface area contributed by atoms with Crippen LogP contribution in [-0.2, 0) is 26.6 Å². The van der Waals surface area contributed by atoms with E-state index in [1.54, 1.807) is 0 Å². The van der Waals surface area contributed by atoms with E-state index < -0.39 is 30.0 Å². The minimum atomic E-state index is -4.48. The molecule has 0 bridgehead atoms. The molecule has 0 N–H and O–H groups in total. The maximum atomic E-state index is 14.9. The van der Waals surface area contributed by atoms with Crippen LogP contribution >= 0.6 is 0 Å². The van der Waals surface area contributed by atoms with Gasteiger partial charge in [0.25, 0.3) is 0 Å². The Morgan fingerprint density at radius 1 is 0.489 bits per heavy atom. The molecule has 0 spiro atoms. The molecule has 0 aromatic heterocycles. The van der Waals surface area contributed by atoms with Crippen molar-refractivity contribution in [3.63, 3.8) is 0 Å². The zero-order chi connectivity index (χ0) is 32.2. The van der Waals surface area contributed by atoms with Crippen LogP contribution < -0.4 is 0 Å². The SMILES string of the molecule is CCC[CH2][Sn]([CH2]CCC)([O]C(=O)C(CC)(c1ccccc1)c1ccccc1)[O]C(=O)C(CC)(c1ccccc1)c1ccccc1. The molecule has 0 radical (unpaired) electrons. The zero-order valence-corrected chi connectivity index (χ0v) is 30.2. The average Bonchev–Trinajstić information content (AvgIpc) is 3.09. The summed E-state index contributed by atoms with van der Waals surface area (Å²) in [6.07, 6.45) is 4.56. The molecule has 5 heteroatoms. The van der Waals surface area contributed by atoms with E-state index in [1.807, 2.05) is 135 Å². The molecular formula is C40H48O4Sn. The third-order valence-corrected chi connectivity index (χ3v) is 18.8. The second-order valence-corrected chi connectivity index (χ2v) is 21.1. The summed E-state index contributed by atoms with van der Waals surface area (Å²) >= 11 is -4.48. The van der Waals surface area contributed by atoms with Gasteiger partial charge < -0.3 is 0 Å². The van der Waals surface area contributed by atoms with Gasteiger partial charge >= 0.3 is 276 Å². The maximum absolute atomic E-state index is 14.9. The molecule has 4 aromatic carbocycles. The fourth-order valence-corrected chi connectivity index (χ4v) is 16.6. The number of hydrogen-bond donors (Lipinski definition) is 0. The van der Waals surface area contributed by atoms with Crippen molar-refractivity contribution in [1.29, 1.82) is 0 Å². The molecule has 236 valence electrons. The second-order valence-electron chi connectivity index (χ2n) is 11.9. The number of rotatable bonds is 16. The monoisotopic (exact) mass is 712 g/mol. The Morgan fingerprint density at radius 2 is 0.756 bits per heavy atom. The molecule has 0 fully saturated rings. The van der Waals surface area contributed by atoms with Crippen LogP contribution in [0.5, 0.6) is 0 Å². The summed E-state index contributed by atoms with van der Waals surface area (Å²) < 4.78 is 15.1. The average molecular weight is 712 g/mol. The molecule has 0 aliphatic heterocycles. The molecular weight excluding hydrogens is 663 g/mol. The van der Waals surface area contributed by atoms with E-state index in [0.717, 1.165) is 47.9 Å². The van der Waals surface area contributed by atoms with E-state index in [2.05, 4.69) is 13.8 Å². The van der Waals surface area contributed by atoms with Crippen molar-refractivity contribution in [3.05, 3.63) is 144 Å². The van der Waals surface area contributed by atoms with Gasteiger partial charge in [0.15, 0.2) is 0 Å². The second kappa shape index (κ2) is 16.3. The van der Waals surface area contributed by atoms with Crippen molar-refractivity contribution in [2.45, 2.75) is 85.9 Å². The molecule has 0 amide bonds. The van der Waals surface area contributed by atoms with E-state index in [0.29, 0.717) is 21.7 Å². The molecule has 0 saturated carbocycles. The zero-order valence-electron chi connectivity index (χ0n) is 27.3. The van der Waals surface area contributed by atoms with Gasteiger partial charge in [0.2, 0.25) is 0 Å². The molecule has 0 aliphatic rings. The number of benzene rings is 4. The number of unbranched alkanes of at least 4 members (excludes halogenated alkanes) is 2. The van der Waals surface area contributed by atoms with Crippen LogP contribution in [0.1, 0.15) is 88.5 Å². The first-order valence-corrected chi connectivity index (χ1v) is 23.0. The molecule has 4 rings (SSSR count). The predicted molar refractivity (Wildman–Crippen MR) is 185 cm³/mol. The standard InChI is InChI=1S/2C16H16O2.2C4H9.Sn/c2*1-2-16(15(17)18,13-9-5-3-6-10-13)14-11-7-4-8-12-14;2*1-3-4-2;/h2*3-12H,2H2,1H3,(H,17,18);2*1,3-4H2,2H3;/q;;;;+2/p-2. The molecule has 45 heavy (non-hydrogen) atoms. The first kappa shape index (κ1) is 34.5. The number of hydrogen-bond acceptors (Lipinski definition) is 4. The first-order valence-electron chi connectivity index (χ1n) is 16.6. The normalized spacial score (nSPS) is 12.0. The van der Waals surface area contributed by atoms with Crippen molar-refractivity contribution in [3.8, 4) is 0 Å². The van der Waals surface area contributed by atoms with E-state index in [1.165, 1.54) is 0 Å². The topological polar surface area (TPSA) is 52.6 Å². The van der Waals surface area contributed by atoms with E-state index in [-0.39, 0.29) is 11.9 Å². The van der Waals surface area contributed by atoms with Crippen LogP contribution in [0, 0.1) is 0 Å². The van der Waals surface area contributed by atoms with Gasteiger partial charge in [0.1, 0.15) is 0 Å². The van der Waals surface area contributed by atoms with Gasteiger partial charge in [-0.3, -0.25) is 0 Å². The third-order valence-electron chi connectivity index (χ3n) is 9.20. The third kappa shape index (κ3) is 7.38. The summed E-state index contributed by atoms with van der Waals surface area (Å²) in [4.78, 5) is 29.8. The van der Waals surface area contributed by atoms with Crippen molar-refractivity contribution in [2.75, 3.05) is 0 Å². The molecule has 0 unspecified atom stereocenters. The summed E-state index contributed by atoms with van der Waals surface area (Å²) in [5.74, 6) is -0.612. The first-order chi connectivity index (χ1) is 21.9. The fourth-order valence-electron chi connectivity index (χ4n) is 6.55. The molecule has 0 atom stereocenters. The fraction of sp³-hybridized carbons (Fsp3) is 0.350. The van der Waals surface area contributed by atoms with E-state index >= 15 is 0 Å². The number of carbonyl (C=O) groups is 2. The van der Waals surface area contributed by atoms with Gasteiger partial charge in [0, 0.05) is 0 Å². The van der Waals surface area contributed by atoms with Crippen molar-refractivity contribution in [2.24, 2.45) is 0 Å². The van der Waals surface area contributed by atoms with Crippen LogP contribution in [0.4, 0.5) is 0 Å². The molecule has 0 heterocycles. The quantitative estimate of drug-likeness (QED) is 0.109. The molecule has 4 aromatic rings. The molecule has 4 nitrogen and oxygen atoms in total. The van der Waals surface area contributed by atoms with Crippen LogP contribution in [0.15, 0.2) is 121 Å². The van der Waals surface area contributed by atoms with E-state index in [4.69, 9.17) is 6.15 Å². The van der Waals surface area contributed by atoms with Gasteiger partial charge in [0.05, 0.1) is 0 Å². The molecule has 0 saturated heterocycles. The Kier molecular flexibility index (Phi) is 12.5. The number of carbonyl (C=O) groups excluding carboxylic acids is 2. The Labute approximate surface area is 275 Å². The van der Waals surface area contributed by atoms with Gasteiger partial charge in [-0.25, -0.2) is 0 Å².